The van der Waals surface area contributed by atoms with Crippen LogP contribution in [0, 0.1) is 32.4 Å². The quantitative estimate of drug-likeness (QED) is 0.0409. The first-order chi connectivity index (χ1) is 54.1. The summed E-state index contributed by atoms with van der Waals surface area (Å²) in [6.07, 6.45) is 24.9. The number of carbonyl (C=O) groups excluding carboxylic acids is 2. The lowest BCUT2D eigenvalue weighted by molar-refractivity contribution is -0.122. The largest absolute Gasteiger partial charge is 0.506 e. The Morgan fingerprint density at radius 3 is 1.32 bits per heavy atom. The fourth-order valence-corrected chi connectivity index (χ4v) is 16.0. The maximum absolute atomic E-state index is 13.5. The lowest BCUT2D eigenvalue weighted by Gasteiger charge is -2.19. The predicted molar refractivity (Wildman–Crippen MR) is 436 cm³/mol. The second kappa shape index (κ2) is 38.5. The van der Waals surface area contributed by atoms with Crippen molar-refractivity contribution in [2.45, 2.75) is 186 Å². The molecule has 0 spiro atoms. The van der Waals surface area contributed by atoms with E-state index < -0.39 is 11.6 Å². The minimum absolute atomic E-state index is 0.0827. The van der Waals surface area contributed by atoms with Gasteiger partial charge < -0.3 is 63.0 Å². The van der Waals surface area contributed by atoms with Gasteiger partial charge in [0.15, 0.2) is 34.0 Å². The average molecular weight is 1550 g/mol. The fourth-order valence-electron chi connectivity index (χ4n) is 15.7. The number of rotatable bonds is 20. The van der Waals surface area contributed by atoms with Crippen LogP contribution in [0.1, 0.15) is 150 Å². The number of aromatic hydroxyl groups is 2. The summed E-state index contributed by atoms with van der Waals surface area (Å²) >= 11 is 5.62. The van der Waals surface area contributed by atoms with Crippen molar-refractivity contribution in [3.63, 3.8) is 0 Å². The van der Waals surface area contributed by atoms with Gasteiger partial charge in [-0.1, -0.05) is 25.7 Å². The number of alkyl halides is 1. The van der Waals surface area contributed by atoms with Crippen LogP contribution in [0.4, 0.5) is 8.78 Å². The summed E-state index contributed by atoms with van der Waals surface area (Å²) in [5, 5.41) is 27.5. The number of amides is 2. The molecule has 5 aliphatic rings. The first-order valence-electron chi connectivity index (χ1n) is 39.4. The van der Waals surface area contributed by atoms with Crippen molar-refractivity contribution in [3.05, 3.63) is 198 Å². The highest BCUT2D eigenvalue weighted by molar-refractivity contribution is 6.17. The standard InChI is InChI=1S/C34H39N3O5.C21H22FNO3.C14H9FO3.C13H18N2O2.C7H14ClN/c1-22-18-29-33(39)28-13-12-26(20-30(28)42-34(29)31(19-22)40-17-15-25-8-5-16-37(25)2)41-27-11-9-23(35-21-27)10-14-32(38)36-24-6-3-4-7-24;1-13-10-17-20(24)16-6-5-14(22)12-18(16)26-21(17)19(11-13)25-9-7-15-4-3-8-23(15)2;1-7-4-10-13(17)9-3-2-8(15)6-12(9)18-14(10)11(16)5-7;16-12-7-5-10(14-9-12)6-8-13(17)15-11-3-1-2-4-11;1-9-6-2-3-7(9)4-5-8/h9,11-13,18-21,24-25H,3-8,10,14-17H2,1-2H3,(H,36,38);5-6,10-12,15H,3-4,7-9H2,1-2H3;2-6,16H,1H3;5,7,9,11,16H,1-4,6,8H2,(H,15,17);7H,2-6H2,1H3. The normalized spacial score (nSPS) is 17.4. The highest BCUT2D eigenvalue weighted by Crippen LogP contribution is 2.35. The van der Waals surface area contributed by atoms with Gasteiger partial charge in [0, 0.05) is 78.5 Å². The predicted octanol–water partition coefficient (Wildman–Crippen LogP) is 17.1. The Kier molecular flexibility index (Phi) is 28.0. The molecule has 16 rings (SSSR count). The van der Waals surface area contributed by atoms with E-state index in [9.17, 15) is 37.9 Å². The Labute approximate surface area is 655 Å². The van der Waals surface area contributed by atoms with Gasteiger partial charge in [-0.2, -0.15) is 0 Å². The van der Waals surface area contributed by atoms with Crippen molar-refractivity contribution < 1.29 is 56.0 Å². The topological polar surface area (TPSA) is 252 Å². The fraction of sp³-hybridized carbons (Fsp3) is 0.427. The molecule has 3 unspecified atom stereocenters. The minimum atomic E-state index is -0.489. The van der Waals surface area contributed by atoms with E-state index in [-0.39, 0.29) is 56.3 Å². The molecule has 3 atom stereocenters. The van der Waals surface area contributed by atoms with Crippen LogP contribution in [0.25, 0.3) is 65.8 Å². The number of phenolic OH excluding ortho intramolecular Hbond substituents is 1. The number of nitrogens with one attached hydrogen (secondary N) is 2. The molecule has 4 N–H and O–H groups in total. The van der Waals surface area contributed by atoms with Crippen LogP contribution in [-0.4, -0.2) is 137 Å². The van der Waals surface area contributed by atoms with Gasteiger partial charge >= 0.3 is 0 Å². The molecule has 5 aromatic heterocycles. The van der Waals surface area contributed by atoms with Gasteiger partial charge in [-0.15, -0.1) is 11.6 Å². The van der Waals surface area contributed by atoms with Crippen LogP contribution < -0.4 is 41.1 Å². The van der Waals surface area contributed by atoms with Gasteiger partial charge in [0.25, 0.3) is 0 Å². The van der Waals surface area contributed by atoms with Crippen molar-refractivity contribution in [2.75, 3.05) is 59.9 Å². The van der Waals surface area contributed by atoms with Gasteiger partial charge in [-0.05, 0) is 272 Å². The molecular formula is C89H102ClF2N7O13. The number of fused-ring (bicyclic) bond motifs is 6. The first kappa shape index (κ1) is 81.5. The third-order valence-electron chi connectivity index (χ3n) is 21.9. The summed E-state index contributed by atoms with van der Waals surface area (Å²) in [6, 6.07) is 33.1. The zero-order chi connectivity index (χ0) is 79.0. The average Bonchev–Trinajstić information content (AvgIpc) is 0.804. The molecule has 20 nitrogen and oxygen atoms in total. The number of pyridine rings is 2. The Morgan fingerprint density at radius 1 is 0.482 bits per heavy atom. The molecule has 0 bridgehead atoms. The Hall–Kier alpha value is -10.0. The molecule has 2 saturated carbocycles. The molecule has 23 heteroatoms. The molecule has 8 heterocycles. The van der Waals surface area contributed by atoms with E-state index in [1.807, 2.05) is 44.2 Å². The zero-order valence-corrected chi connectivity index (χ0v) is 65.6. The van der Waals surface area contributed by atoms with E-state index in [2.05, 4.69) is 56.4 Å². The van der Waals surface area contributed by atoms with E-state index in [0.29, 0.717) is 135 Å². The van der Waals surface area contributed by atoms with Crippen LogP contribution in [0.5, 0.6) is 34.5 Å². The summed E-state index contributed by atoms with van der Waals surface area (Å²) < 4.78 is 62.4. The lowest BCUT2D eigenvalue weighted by atomic mass is 10.1. The van der Waals surface area contributed by atoms with E-state index in [0.717, 1.165) is 104 Å². The molecule has 2 amide bonds. The Bertz CT molecular complexity index is 5280. The second-order valence-corrected chi connectivity index (χ2v) is 30.8. The molecule has 112 heavy (non-hydrogen) atoms. The van der Waals surface area contributed by atoms with Crippen LogP contribution in [0.2, 0.25) is 0 Å². The number of aryl methyl sites for hydroxylation is 5. The molecule has 6 aromatic carbocycles. The van der Waals surface area contributed by atoms with Gasteiger partial charge in [0.05, 0.1) is 57.9 Å². The molecule has 0 radical (unpaired) electrons. The van der Waals surface area contributed by atoms with Gasteiger partial charge in [-0.25, -0.2) is 8.78 Å². The number of hydrogen-bond acceptors (Lipinski definition) is 18. The number of likely N-dealkylation sites (tertiary alicyclic amines) is 3. The summed E-state index contributed by atoms with van der Waals surface area (Å²) in [5.41, 5.74) is 5.53. The molecule has 3 saturated heterocycles. The van der Waals surface area contributed by atoms with Crippen LogP contribution >= 0.6 is 11.6 Å². The van der Waals surface area contributed by atoms with E-state index in [4.69, 9.17) is 44.2 Å². The van der Waals surface area contributed by atoms with Crippen molar-refractivity contribution in [1.82, 2.24) is 35.3 Å². The highest BCUT2D eigenvalue weighted by Gasteiger charge is 2.26. The molecule has 2 aliphatic carbocycles. The van der Waals surface area contributed by atoms with Crippen LogP contribution in [0.15, 0.2) is 155 Å². The third kappa shape index (κ3) is 21.4. The number of benzene rings is 6. The summed E-state index contributed by atoms with van der Waals surface area (Å²) in [5.74, 6) is 2.35. The van der Waals surface area contributed by atoms with Gasteiger partial charge in [0.1, 0.15) is 45.6 Å². The summed E-state index contributed by atoms with van der Waals surface area (Å²) in [7, 11) is 6.48. The van der Waals surface area contributed by atoms with E-state index in [1.165, 1.54) is 113 Å². The SMILES string of the molecule is CN1CCCC1CCCl.Cc1cc(O)c2oc3cc(F)ccc3c(=O)c2c1.Cc1cc(OCCC2CCCN2C)c2oc3cc(F)ccc3c(=O)c2c1.Cc1cc(OCCC2CCCN2C)c2oc3cc(Oc4ccc(CCC(=O)NC5CCCC5)nc4)ccc3c(=O)c2c1.O=C(CCc1ccc(O)cn1)NC1CCCC1. The monoisotopic (exact) mass is 1550 g/mol. The van der Waals surface area contributed by atoms with Crippen molar-refractivity contribution in [3.8, 4) is 34.5 Å². The summed E-state index contributed by atoms with van der Waals surface area (Å²) in [4.78, 5) is 78.0. The first-order valence-corrected chi connectivity index (χ1v) is 39.9. The Morgan fingerprint density at radius 2 is 0.893 bits per heavy atom. The molecule has 5 fully saturated rings. The number of hydrogen-bond donors (Lipinski definition) is 4. The maximum Gasteiger partial charge on any atom is 0.220 e. The zero-order valence-electron chi connectivity index (χ0n) is 64.9. The molecule has 3 aliphatic heterocycles. The lowest BCUT2D eigenvalue weighted by Crippen LogP contribution is -2.32. The molecule has 11 aromatic rings. The number of phenols is 1. The van der Waals surface area contributed by atoms with Crippen LogP contribution in [-0.2, 0) is 22.4 Å². The number of halogens is 3. The van der Waals surface area contributed by atoms with Crippen molar-refractivity contribution >= 4 is 89.2 Å². The third-order valence-corrected chi connectivity index (χ3v) is 22.1. The molecule has 592 valence electrons. The van der Waals surface area contributed by atoms with Crippen molar-refractivity contribution in [1.29, 1.82) is 0 Å². The van der Waals surface area contributed by atoms with E-state index in [1.54, 1.807) is 55.6 Å². The highest BCUT2D eigenvalue weighted by atomic mass is 35.5. The smallest absolute Gasteiger partial charge is 0.220 e. The molecular weight excluding hydrogens is 1450 g/mol. The summed E-state index contributed by atoms with van der Waals surface area (Å²) in [6.45, 7) is 10.3. The number of carbonyl (C=O) groups is 2. The van der Waals surface area contributed by atoms with E-state index >= 15 is 0 Å². The minimum Gasteiger partial charge on any atom is -0.506 e. The van der Waals surface area contributed by atoms with Gasteiger partial charge in [0.2, 0.25) is 28.1 Å². The maximum atomic E-state index is 13.5. The Balaban J connectivity index is 0.000000142. The van der Waals surface area contributed by atoms with Crippen LogP contribution in [0.3, 0.4) is 0 Å². The number of aromatic nitrogens is 2. The number of ether oxygens (including phenoxy) is 3. The van der Waals surface area contributed by atoms with Crippen molar-refractivity contribution in [2.24, 2.45) is 0 Å². The number of nitrogens with zero attached hydrogens (tertiary/aromatic N) is 5. The second-order valence-electron chi connectivity index (χ2n) is 30.4. The van der Waals surface area contributed by atoms with Gasteiger partial charge in [-0.3, -0.25) is 33.9 Å².